The van der Waals surface area contributed by atoms with Crippen LogP contribution in [0.25, 0.3) is 0 Å². The Morgan fingerprint density at radius 1 is 0.897 bits per heavy atom. The molecule has 4 rings (SSSR count). The second-order valence-corrected chi connectivity index (χ2v) is 9.31. The van der Waals surface area contributed by atoms with Crippen molar-refractivity contribution >= 4 is 21.9 Å². The number of hydrogen-bond acceptors (Lipinski definition) is 6. The lowest BCUT2D eigenvalue weighted by molar-refractivity contribution is 0.271. The van der Waals surface area contributed by atoms with Gasteiger partial charge in [-0.1, -0.05) is 36.8 Å². The van der Waals surface area contributed by atoms with Crippen molar-refractivity contribution in [1.29, 1.82) is 0 Å². The number of aromatic nitrogens is 1. The molecule has 3 heterocycles. The molecule has 2 fully saturated rings. The molecule has 0 saturated carbocycles. The highest BCUT2D eigenvalue weighted by Crippen LogP contribution is 2.29. The van der Waals surface area contributed by atoms with E-state index in [1.54, 1.807) is 10.5 Å². The smallest absolute Gasteiger partial charge is 0.246 e. The van der Waals surface area contributed by atoms with Crippen LogP contribution in [0.3, 0.4) is 0 Å². The van der Waals surface area contributed by atoms with E-state index < -0.39 is 10.0 Å². The van der Waals surface area contributed by atoms with Gasteiger partial charge in [0.1, 0.15) is 4.90 Å². The number of pyridine rings is 1. The van der Waals surface area contributed by atoms with E-state index in [-0.39, 0.29) is 0 Å². The molecule has 154 valence electrons. The predicted octanol–water partition coefficient (Wildman–Crippen LogP) is 2.41. The highest BCUT2D eigenvalue weighted by Gasteiger charge is 2.30. The Labute approximate surface area is 172 Å². The first-order valence-corrected chi connectivity index (χ1v) is 11.6. The van der Waals surface area contributed by atoms with E-state index in [2.05, 4.69) is 15.0 Å². The highest BCUT2D eigenvalue weighted by molar-refractivity contribution is 7.89. The van der Waals surface area contributed by atoms with Crippen LogP contribution in [-0.4, -0.2) is 68.2 Å². The first kappa shape index (κ1) is 19.8. The van der Waals surface area contributed by atoms with Crippen LogP contribution in [-0.2, 0) is 10.0 Å². The summed E-state index contributed by atoms with van der Waals surface area (Å²) in [5.74, 6) is 0. The summed E-state index contributed by atoms with van der Waals surface area (Å²) >= 11 is 0. The number of hydrogen-bond donors (Lipinski definition) is 0. The number of piperidine rings is 1. The Kier molecular flexibility index (Phi) is 6.10. The van der Waals surface area contributed by atoms with Crippen molar-refractivity contribution in [2.75, 3.05) is 44.2 Å². The summed E-state index contributed by atoms with van der Waals surface area (Å²) in [7, 11) is -3.52. The van der Waals surface area contributed by atoms with Gasteiger partial charge in [0.2, 0.25) is 10.0 Å². The normalized spacial score (nSPS) is 19.0. The zero-order valence-electron chi connectivity index (χ0n) is 16.5. The lowest BCUT2D eigenvalue weighted by Crippen LogP contribution is -2.45. The van der Waals surface area contributed by atoms with Crippen LogP contribution >= 0.6 is 0 Å². The molecule has 0 unspecified atom stereocenters. The van der Waals surface area contributed by atoms with Gasteiger partial charge in [-0.15, -0.1) is 0 Å². The Hall–Kier alpha value is -2.45. The Morgan fingerprint density at radius 3 is 2.34 bits per heavy atom. The molecule has 0 radical (unpaired) electrons. The molecule has 0 N–H and O–H groups in total. The SMILES string of the molecule is O=S(=O)(c1cnccc1N1CCN(/N=C\c2ccccc2)CC1)N1CCCCC1. The minimum absolute atomic E-state index is 0.322. The second-order valence-electron chi connectivity index (χ2n) is 7.40. The van der Waals surface area contributed by atoms with Gasteiger partial charge in [-0.3, -0.25) is 9.99 Å². The largest absolute Gasteiger partial charge is 0.367 e. The second kappa shape index (κ2) is 8.92. The van der Waals surface area contributed by atoms with Crippen molar-refractivity contribution in [2.24, 2.45) is 5.10 Å². The maximum Gasteiger partial charge on any atom is 0.246 e. The number of rotatable bonds is 5. The first-order chi connectivity index (χ1) is 14.1. The Balaban J connectivity index is 1.46. The van der Waals surface area contributed by atoms with Crippen molar-refractivity contribution in [3.63, 3.8) is 0 Å². The van der Waals surface area contributed by atoms with Gasteiger partial charge < -0.3 is 4.90 Å². The van der Waals surface area contributed by atoms with Crippen LogP contribution in [0.2, 0.25) is 0 Å². The lowest BCUT2D eigenvalue weighted by atomic mass is 10.2. The molecule has 0 spiro atoms. The predicted molar refractivity (Wildman–Crippen MR) is 115 cm³/mol. The van der Waals surface area contributed by atoms with Gasteiger partial charge in [-0.05, 0) is 24.5 Å². The van der Waals surface area contributed by atoms with Gasteiger partial charge in [0, 0.05) is 38.6 Å². The topological polar surface area (TPSA) is 69.1 Å². The van der Waals surface area contributed by atoms with Crippen molar-refractivity contribution < 1.29 is 8.42 Å². The molecule has 1 aromatic carbocycles. The average molecular weight is 414 g/mol. The number of piperazine rings is 1. The monoisotopic (exact) mass is 413 g/mol. The van der Waals surface area contributed by atoms with E-state index in [0.717, 1.165) is 56.7 Å². The van der Waals surface area contributed by atoms with E-state index in [1.807, 2.05) is 47.6 Å². The van der Waals surface area contributed by atoms with E-state index in [4.69, 9.17) is 0 Å². The molecular formula is C21H27N5O2S. The molecule has 0 amide bonds. The average Bonchev–Trinajstić information content (AvgIpc) is 2.79. The molecule has 0 atom stereocenters. The molecule has 2 aliphatic heterocycles. The van der Waals surface area contributed by atoms with E-state index in [1.165, 1.54) is 6.20 Å². The number of anilines is 1. The van der Waals surface area contributed by atoms with Crippen molar-refractivity contribution in [3.05, 3.63) is 54.4 Å². The summed E-state index contributed by atoms with van der Waals surface area (Å²) in [6.07, 6.45) is 7.98. The zero-order valence-corrected chi connectivity index (χ0v) is 17.3. The summed E-state index contributed by atoms with van der Waals surface area (Å²) in [5.41, 5.74) is 1.82. The molecule has 2 aromatic rings. The summed E-state index contributed by atoms with van der Waals surface area (Å²) in [4.78, 5) is 6.57. The molecule has 7 nitrogen and oxygen atoms in total. The third-order valence-electron chi connectivity index (χ3n) is 5.46. The van der Waals surface area contributed by atoms with Crippen molar-refractivity contribution in [2.45, 2.75) is 24.2 Å². The van der Waals surface area contributed by atoms with Crippen LogP contribution in [0, 0.1) is 0 Å². The highest BCUT2D eigenvalue weighted by atomic mass is 32.2. The van der Waals surface area contributed by atoms with Crippen LogP contribution in [0.15, 0.2) is 58.8 Å². The minimum Gasteiger partial charge on any atom is -0.367 e. The van der Waals surface area contributed by atoms with Crippen LogP contribution in [0.5, 0.6) is 0 Å². The Morgan fingerprint density at radius 2 is 1.62 bits per heavy atom. The van der Waals surface area contributed by atoms with Crippen LogP contribution in [0.4, 0.5) is 5.69 Å². The number of sulfonamides is 1. The summed E-state index contributed by atoms with van der Waals surface area (Å²) in [5, 5.41) is 6.60. The molecule has 1 aromatic heterocycles. The molecule has 29 heavy (non-hydrogen) atoms. The minimum atomic E-state index is -3.52. The van der Waals surface area contributed by atoms with Gasteiger partial charge in [0.05, 0.1) is 25.0 Å². The molecular weight excluding hydrogens is 386 g/mol. The van der Waals surface area contributed by atoms with Crippen molar-refractivity contribution in [3.8, 4) is 0 Å². The van der Waals surface area contributed by atoms with Gasteiger partial charge in [0.15, 0.2) is 0 Å². The fraction of sp³-hybridized carbons (Fsp3) is 0.429. The number of hydrazone groups is 1. The number of nitrogens with zero attached hydrogens (tertiary/aromatic N) is 5. The standard InChI is InChI=1S/C21H27N5O2S/c27-29(28,26-11-5-2-6-12-26)21-18-22-10-9-20(21)24-13-15-25(16-14-24)23-17-19-7-3-1-4-8-19/h1,3-4,7-10,17-18H,2,5-6,11-16H2/b23-17-. The van der Waals surface area contributed by atoms with Gasteiger partial charge >= 0.3 is 0 Å². The van der Waals surface area contributed by atoms with Gasteiger partial charge in [-0.25, -0.2) is 8.42 Å². The summed E-state index contributed by atoms with van der Waals surface area (Å²) in [6.45, 7) is 4.12. The summed E-state index contributed by atoms with van der Waals surface area (Å²) in [6, 6.07) is 11.8. The fourth-order valence-corrected chi connectivity index (χ4v) is 5.49. The van der Waals surface area contributed by atoms with E-state index >= 15 is 0 Å². The van der Waals surface area contributed by atoms with E-state index in [0.29, 0.717) is 18.0 Å². The number of benzene rings is 1. The van der Waals surface area contributed by atoms with E-state index in [9.17, 15) is 8.42 Å². The zero-order chi connectivity index (χ0) is 20.1. The maximum absolute atomic E-state index is 13.2. The maximum atomic E-state index is 13.2. The molecule has 0 aliphatic carbocycles. The third-order valence-corrected chi connectivity index (χ3v) is 7.38. The van der Waals surface area contributed by atoms with Gasteiger partial charge in [-0.2, -0.15) is 9.41 Å². The molecule has 2 aliphatic rings. The van der Waals surface area contributed by atoms with Crippen LogP contribution in [0.1, 0.15) is 24.8 Å². The Bertz CT molecular complexity index is 935. The van der Waals surface area contributed by atoms with Crippen LogP contribution < -0.4 is 4.90 Å². The molecule has 8 heteroatoms. The first-order valence-electron chi connectivity index (χ1n) is 10.2. The molecule has 2 saturated heterocycles. The van der Waals surface area contributed by atoms with Gasteiger partial charge in [0.25, 0.3) is 0 Å². The fourth-order valence-electron chi connectivity index (χ4n) is 3.82. The summed E-state index contributed by atoms with van der Waals surface area (Å²) < 4.78 is 28.0. The van der Waals surface area contributed by atoms with Crippen molar-refractivity contribution in [1.82, 2.24) is 14.3 Å². The quantitative estimate of drug-likeness (QED) is 0.704. The third kappa shape index (κ3) is 4.59. The molecule has 0 bridgehead atoms. The lowest BCUT2D eigenvalue weighted by Gasteiger charge is -2.36.